The first-order valence-electron chi connectivity index (χ1n) is 14.7. The molecule has 2 aromatic heterocycles. The molecule has 0 bridgehead atoms. The van der Waals surface area contributed by atoms with Gasteiger partial charge in [-0.05, 0) is 39.0 Å². The van der Waals surface area contributed by atoms with Gasteiger partial charge in [-0.2, -0.15) is 0 Å². The lowest BCUT2D eigenvalue weighted by molar-refractivity contribution is -0.929. The van der Waals surface area contributed by atoms with Gasteiger partial charge in [-0.1, -0.05) is 67.2 Å². The molecule has 0 aromatic carbocycles. The Morgan fingerprint density at radius 2 is 1.39 bits per heavy atom. The van der Waals surface area contributed by atoms with Crippen LogP contribution in [0.15, 0.2) is 12.7 Å². The first-order valence-corrected chi connectivity index (χ1v) is 14.7. The second-order valence-electron chi connectivity index (χ2n) is 10.7. The quantitative estimate of drug-likeness (QED) is 0.250. The van der Waals surface area contributed by atoms with Crippen LogP contribution in [0.25, 0.3) is 11.2 Å². The number of halogens is 1. The van der Waals surface area contributed by atoms with Gasteiger partial charge in [-0.15, -0.1) is 0 Å². The van der Waals surface area contributed by atoms with Crippen LogP contribution in [0.2, 0.25) is 0 Å². The minimum absolute atomic E-state index is 0.0552. The van der Waals surface area contributed by atoms with E-state index in [0.717, 1.165) is 12.1 Å². The van der Waals surface area contributed by atoms with Crippen LogP contribution < -0.4 is 0 Å². The molecule has 3 rings (SSSR count). The summed E-state index contributed by atoms with van der Waals surface area (Å²) in [5.41, 5.74) is 2.12. The van der Waals surface area contributed by atoms with Crippen molar-refractivity contribution in [2.45, 2.75) is 125 Å². The summed E-state index contributed by atoms with van der Waals surface area (Å²) < 4.78 is 23.3. The van der Waals surface area contributed by atoms with Gasteiger partial charge in [0.25, 0.3) is 0 Å². The fraction of sp³-hybridized carbons (Fsp3) is 0.828. The van der Waals surface area contributed by atoms with Gasteiger partial charge in [0.15, 0.2) is 18.0 Å². The summed E-state index contributed by atoms with van der Waals surface area (Å²) in [6.45, 7) is 20.8. The first kappa shape index (κ1) is 30.6. The summed E-state index contributed by atoms with van der Waals surface area (Å²) in [6.07, 6.45) is 13.2. The van der Waals surface area contributed by atoms with E-state index < -0.39 is 12.4 Å². The number of hydrogen-bond donors (Lipinski definition) is 0. The predicted molar refractivity (Wildman–Crippen MR) is 148 cm³/mol. The number of rotatable bonds is 14. The van der Waals surface area contributed by atoms with Crippen molar-refractivity contribution in [1.82, 2.24) is 19.5 Å². The van der Waals surface area contributed by atoms with Crippen LogP contribution in [-0.2, 0) is 4.74 Å². The Morgan fingerprint density at radius 1 is 0.861 bits per heavy atom. The summed E-state index contributed by atoms with van der Waals surface area (Å²) in [5.74, 6) is -0.115. The smallest absolute Gasteiger partial charge is 0.168 e. The van der Waals surface area contributed by atoms with Gasteiger partial charge in [0, 0.05) is 5.92 Å². The molecule has 3 heterocycles. The highest BCUT2D eigenvalue weighted by Crippen LogP contribution is 2.38. The van der Waals surface area contributed by atoms with Crippen LogP contribution in [0.4, 0.5) is 4.39 Å². The van der Waals surface area contributed by atoms with Crippen LogP contribution in [-0.4, -0.2) is 62.5 Å². The van der Waals surface area contributed by atoms with Gasteiger partial charge in [-0.25, -0.2) is 19.3 Å². The highest BCUT2D eigenvalue weighted by molar-refractivity contribution is 5.72. The lowest BCUT2D eigenvalue weighted by atomic mass is 10.00. The van der Waals surface area contributed by atoms with Crippen molar-refractivity contribution in [2.75, 3.05) is 26.2 Å². The van der Waals surface area contributed by atoms with Gasteiger partial charge in [0.1, 0.15) is 11.8 Å². The Labute approximate surface area is 219 Å². The number of hydrogen-bond acceptors (Lipinski definition) is 4. The summed E-state index contributed by atoms with van der Waals surface area (Å²) in [4.78, 5) is 12.6. The number of fused-ring (bicyclic) bond motifs is 1. The second-order valence-corrected chi connectivity index (χ2v) is 10.7. The average molecular weight is 507 g/mol. The molecule has 1 aliphatic rings. The van der Waals surface area contributed by atoms with Crippen molar-refractivity contribution < 1.29 is 13.6 Å². The minimum Gasteiger partial charge on any atom is -0.351 e. The van der Waals surface area contributed by atoms with Crippen LogP contribution in [0.1, 0.15) is 111 Å². The summed E-state index contributed by atoms with van der Waals surface area (Å²) in [5, 5.41) is 0. The molecule has 206 valence electrons. The number of unbranched alkanes of at least 4 members (excludes halogenated alkanes) is 4. The van der Waals surface area contributed by atoms with Crippen LogP contribution >= 0.6 is 0 Å². The highest BCUT2D eigenvalue weighted by Gasteiger charge is 2.43. The van der Waals surface area contributed by atoms with Crippen molar-refractivity contribution >= 4 is 11.2 Å². The van der Waals surface area contributed by atoms with Gasteiger partial charge in [0.05, 0.1) is 44.3 Å². The van der Waals surface area contributed by atoms with E-state index in [-0.39, 0.29) is 12.0 Å². The molecule has 7 heteroatoms. The summed E-state index contributed by atoms with van der Waals surface area (Å²) >= 11 is 0. The van der Waals surface area contributed by atoms with E-state index in [0.29, 0.717) is 11.2 Å². The van der Waals surface area contributed by atoms with Crippen LogP contribution in [0.5, 0.6) is 0 Å². The van der Waals surface area contributed by atoms with Crippen molar-refractivity contribution in [1.29, 1.82) is 0 Å². The first-order chi connectivity index (χ1) is 17.4. The van der Waals surface area contributed by atoms with E-state index in [4.69, 9.17) is 4.74 Å². The standard InChI is InChI=1S/C16H36N.C13H17FN4O/c1-5-9-13-17(14-10-6-2,15-11-7-3)16-12-8-4;1-4-9-7(2)10(14)13(19-9)18-6-17-11-8(3)15-5-16-12(11)18/h5-16H2,1-4H3;5-7,9-10,13H,4H2,1-3H3/q+1;/t;7-,9-,10+,13-/m.1/s1. The van der Waals surface area contributed by atoms with Crippen LogP contribution in [0.3, 0.4) is 0 Å². The summed E-state index contributed by atoms with van der Waals surface area (Å²) in [7, 11) is 0. The lowest BCUT2D eigenvalue weighted by Crippen LogP contribution is -2.50. The van der Waals surface area contributed by atoms with E-state index in [1.54, 1.807) is 10.9 Å². The van der Waals surface area contributed by atoms with Crippen LogP contribution in [0, 0.1) is 12.8 Å². The maximum atomic E-state index is 14.4. The molecule has 36 heavy (non-hydrogen) atoms. The maximum Gasteiger partial charge on any atom is 0.168 e. The van der Waals surface area contributed by atoms with E-state index in [9.17, 15) is 4.39 Å². The second kappa shape index (κ2) is 15.6. The number of nitrogens with zero attached hydrogens (tertiary/aromatic N) is 5. The molecule has 0 saturated carbocycles. The molecular weight excluding hydrogens is 453 g/mol. The average Bonchev–Trinajstić information content (AvgIpc) is 3.45. The monoisotopic (exact) mass is 506 g/mol. The molecule has 2 aromatic rings. The third-order valence-electron chi connectivity index (χ3n) is 7.84. The number of alkyl halides is 1. The molecule has 0 N–H and O–H groups in total. The maximum absolute atomic E-state index is 14.4. The van der Waals surface area contributed by atoms with Gasteiger partial charge < -0.3 is 9.22 Å². The van der Waals surface area contributed by atoms with Crippen molar-refractivity contribution in [3.05, 3.63) is 18.3 Å². The van der Waals surface area contributed by atoms with Gasteiger partial charge in [-0.3, -0.25) is 4.57 Å². The Kier molecular flexibility index (Phi) is 13.3. The molecule has 0 unspecified atom stereocenters. The predicted octanol–water partition coefficient (Wildman–Crippen LogP) is 7.42. The zero-order chi connectivity index (χ0) is 26.6. The fourth-order valence-corrected chi connectivity index (χ4v) is 5.33. The third kappa shape index (κ3) is 7.95. The number of aryl methyl sites for hydroxylation is 1. The molecule has 0 radical (unpaired) electrons. The Hall–Kier alpha value is -1.60. The largest absolute Gasteiger partial charge is 0.351 e. The fourth-order valence-electron chi connectivity index (χ4n) is 5.33. The Balaban J connectivity index is 0.000000256. The normalized spacial score (nSPS) is 22.1. The van der Waals surface area contributed by atoms with E-state index in [1.165, 1.54) is 88.4 Å². The molecule has 0 amide bonds. The molecule has 0 spiro atoms. The molecule has 4 atom stereocenters. The van der Waals surface area contributed by atoms with E-state index in [1.807, 2.05) is 20.8 Å². The molecule has 0 aliphatic carbocycles. The van der Waals surface area contributed by atoms with Crippen molar-refractivity contribution in [2.24, 2.45) is 5.92 Å². The van der Waals surface area contributed by atoms with E-state index >= 15 is 0 Å². The van der Waals surface area contributed by atoms with Gasteiger partial charge >= 0.3 is 0 Å². The molecule has 1 fully saturated rings. The molecule has 6 nitrogen and oxygen atoms in total. The van der Waals surface area contributed by atoms with Gasteiger partial charge in [0.2, 0.25) is 0 Å². The number of imidazole rings is 1. The molecule has 1 saturated heterocycles. The SMILES string of the molecule is CCCC[N+](CCCC)(CCCC)CCCC.CC[C@H]1O[C@@H](n2cnc3c(C)ncnc32)[C@@H](F)[C@@H]1C. The number of quaternary nitrogens is 1. The number of aromatic nitrogens is 4. The zero-order valence-electron chi connectivity index (χ0n) is 24.2. The topological polar surface area (TPSA) is 52.8 Å². The van der Waals surface area contributed by atoms with Crippen molar-refractivity contribution in [3.63, 3.8) is 0 Å². The third-order valence-corrected chi connectivity index (χ3v) is 7.84. The minimum atomic E-state index is -1.04. The molecule has 1 aliphatic heterocycles. The number of ether oxygens (including phenoxy) is 1. The zero-order valence-corrected chi connectivity index (χ0v) is 24.2. The molecular formula is C29H53FN5O+. The lowest BCUT2D eigenvalue weighted by Gasteiger charge is -2.39. The van der Waals surface area contributed by atoms with E-state index in [2.05, 4.69) is 42.6 Å². The summed E-state index contributed by atoms with van der Waals surface area (Å²) in [6, 6.07) is 0. The Morgan fingerprint density at radius 3 is 1.83 bits per heavy atom. The van der Waals surface area contributed by atoms with Crippen molar-refractivity contribution in [3.8, 4) is 0 Å². The Bertz CT molecular complexity index is 835. The highest BCUT2D eigenvalue weighted by atomic mass is 19.1.